The van der Waals surface area contributed by atoms with Crippen LogP contribution in [0.1, 0.15) is 83.1 Å². The molecule has 0 saturated heterocycles. The second-order valence-electron chi connectivity index (χ2n) is 11.6. The van der Waals surface area contributed by atoms with Gasteiger partial charge in [0.2, 0.25) is 0 Å². The molecule has 0 N–H and O–H groups in total. The van der Waals surface area contributed by atoms with Crippen molar-refractivity contribution in [2.45, 2.75) is 82.9 Å². The predicted octanol–water partition coefficient (Wildman–Crippen LogP) is 8.68. The summed E-state index contributed by atoms with van der Waals surface area (Å²) in [6.07, 6.45) is 10.5. The first kappa shape index (κ1) is 25.8. The number of rotatable bonds is 8. The quantitative estimate of drug-likeness (QED) is 0.281. The van der Waals surface area contributed by atoms with Crippen molar-refractivity contribution in [3.63, 3.8) is 0 Å². The first-order chi connectivity index (χ1) is 13.3. The van der Waals surface area contributed by atoms with Crippen LogP contribution in [-0.2, 0) is 0 Å². The summed E-state index contributed by atoms with van der Waals surface area (Å²) < 4.78 is 0.740. The Morgan fingerprint density at radius 3 is 1.03 bits per heavy atom. The van der Waals surface area contributed by atoms with Crippen molar-refractivity contribution in [2.24, 2.45) is 35.5 Å². The Labute approximate surface area is 207 Å². The Bertz CT molecular complexity index is 661. The van der Waals surface area contributed by atoms with Gasteiger partial charge < -0.3 is 0 Å². The van der Waals surface area contributed by atoms with E-state index in [0.717, 1.165) is 0 Å². The van der Waals surface area contributed by atoms with Gasteiger partial charge in [-0.2, -0.15) is 0 Å². The van der Waals surface area contributed by atoms with Crippen LogP contribution < -0.4 is 0 Å². The molecule has 0 aromatic carbocycles. The summed E-state index contributed by atoms with van der Waals surface area (Å²) in [5.41, 5.74) is 6.90. The van der Waals surface area contributed by atoms with Crippen LogP contribution in [0.25, 0.3) is 0 Å². The molecule has 0 radical (unpaired) electrons. The van der Waals surface area contributed by atoms with Gasteiger partial charge in [-0.05, 0) is 0 Å². The summed E-state index contributed by atoms with van der Waals surface area (Å²) in [6, 6.07) is 0. The molecule has 0 aliphatic heterocycles. The molecule has 0 nitrogen and oxygen atoms in total. The second-order valence-corrected chi connectivity index (χ2v) is 20.0. The van der Waals surface area contributed by atoms with Crippen LogP contribution in [0.5, 0.6) is 0 Å². The van der Waals surface area contributed by atoms with Crippen LogP contribution in [0, 0.1) is 35.5 Å². The molecule has 0 aromatic heterocycles. The van der Waals surface area contributed by atoms with Gasteiger partial charge in [-0.15, -0.1) is 0 Å². The molecule has 160 valence electrons. The summed E-state index contributed by atoms with van der Waals surface area (Å²) in [5.74, 6) is 3.89. The van der Waals surface area contributed by atoms with E-state index in [2.05, 4.69) is 107 Å². The van der Waals surface area contributed by atoms with E-state index >= 15 is 0 Å². The van der Waals surface area contributed by atoms with Gasteiger partial charge in [-0.3, -0.25) is 0 Å². The van der Waals surface area contributed by atoms with Crippen molar-refractivity contribution < 1.29 is 0 Å². The molecule has 2 aliphatic carbocycles. The Balaban J connectivity index is 2.74. The van der Waals surface area contributed by atoms with Crippen LogP contribution in [0.2, 0.25) is -0.234 Å². The SMILES string of the molecule is CC(C)C1=C(C(C)C)[C]([Ba][C]2(C(C)C)C=CC(C(C)C)=C2C(C)C)(C(C)C)C=C1. The van der Waals surface area contributed by atoms with E-state index in [9.17, 15) is 0 Å². The molecule has 2 unspecified atom stereocenters. The molecule has 0 amide bonds. The minimum absolute atomic E-state index is 0.370. The maximum atomic E-state index is 2.70. The zero-order chi connectivity index (χ0) is 22.3. The molecule has 29 heavy (non-hydrogen) atoms. The fourth-order valence-electron chi connectivity index (χ4n) is 6.33. The molecule has 0 aromatic rings. The fraction of sp³-hybridized carbons (Fsp3) is 0.714. The Morgan fingerprint density at radius 2 is 0.828 bits per heavy atom. The topological polar surface area (TPSA) is 0 Å². The maximum absolute atomic E-state index is 2.70. The van der Waals surface area contributed by atoms with E-state index in [4.69, 9.17) is 0 Å². The molecule has 2 atom stereocenters. The van der Waals surface area contributed by atoms with E-state index in [1.54, 1.807) is 22.3 Å². The summed E-state index contributed by atoms with van der Waals surface area (Å²) in [5, 5.41) is 0. The Morgan fingerprint density at radius 1 is 0.517 bits per heavy atom. The van der Waals surface area contributed by atoms with Crippen LogP contribution in [0.3, 0.4) is 0 Å². The summed E-state index contributed by atoms with van der Waals surface area (Å²) in [7, 11) is 0. The zero-order valence-electron chi connectivity index (χ0n) is 21.5. The van der Waals surface area contributed by atoms with Gasteiger partial charge in [0.1, 0.15) is 0 Å². The number of hydrogen-bond acceptors (Lipinski definition) is 0. The molecular formula is C28H46Ba. The molecule has 0 saturated carbocycles. The van der Waals surface area contributed by atoms with Crippen LogP contribution >= 0.6 is 0 Å². The molecule has 2 rings (SSSR count). The molecule has 0 bridgehead atoms. The standard InChI is InChI=1S/2C14H23.Ba/c2*1-9(2)12-7-8-13(10(3)4)14(12)11(5)6;/h2*7-11H,1-6H3;. The zero-order valence-corrected chi connectivity index (χ0v) is 25.9. The van der Waals surface area contributed by atoms with E-state index in [1.165, 1.54) is 0 Å². The molecule has 0 heterocycles. The predicted molar refractivity (Wildman–Crippen MR) is 133 cm³/mol. The molecule has 0 spiro atoms. The van der Waals surface area contributed by atoms with Crippen molar-refractivity contribution in [1.82, 2.24) is 0 Å². The monoisotopic (exact) mass is 520 g/mol. The normalized spacial score (nSPS) is 27.4. The summed E-state index contributed by atoms with van der Waals surface area (Å²) in [6.45, 7) is 29.4. The summed E-state index contributed by atoms with van der Waals surface area (Å²) >= 11 is -1.59. The van der Waals surface area contributed by atoms with Gasteiger partial charge in [0, 0.05) is 0 Å². The fourth-order valence-corrected chi connectivity index (χ4v) is 18.5. The molecule has 1 heteroatoms. The van der Waals surface area contributed by atoms with Gasteiger partial charge in [-0.1, -0.05) is 0 Å². The van der Waals surface area contributed by atoms with Crippen molar-refractivity contribution in [3.8, 4) is 0 Å². The first-order valence-corrected chi connectivity index (χ1v) is 16.6. The van der Waals surface area contributed by atoms with Gasteiger partial charge in [0.05, 0.1) is 0 Å². The molecule has 2 aliphatic rings. The first-order valence-electron chi connectivity index (χ1n) is 12.2. The molecule has 0 fully saturated rings. The molecular weight excluding hydrogens is 474 g/mol. The van der Waals surface area contributed by atoms with Crippen LogP contribution in [-0.4, -0.2) is 44.2 Å². The van der Waals surface area contributed by atoms with E-state index in [-0.39, 0.29) is 0 Å². The minimum atomic E-state index is -1.59. The number of allylic oxidation sites excluding steroid dienone is 8. The average molecular weight is 520 g/mol. The van der Waals surface area contributed by atoms with Gasteiger partial charge in [0.15, 0.2) is 0 Å². The Kier molecular flexibility index (Phi) is 8.51. The Hall–Kier alpha value is 0.531. The third-order valence-corrected chi connectivity index (χ3v) is 20.5. The number of hydrogen-bond donors (Lipinski definition) is 0. The van der Waals surface area contributed by atoms with Crippen molar-refractivity contribution in [3.05, 3.63) is 46.6 Å². The van der Waals surface area contributed by atoms with E-state index < -0.39 is 44.2 Å². The van der Waals surface area contributed by atoms with Crippen molar-refractivity contribution in [1.29, 1.82) is 0 Å². The van der Waals surface area contributed by atoms with Crippen molar-refractivity contribution >= 4 is 44.2 Å². The van der Waals surface area contributed by atoms with E-state index in [1.807, 2.05) is 0 Å². The van der Waals surface area contributed by atoms with Crippen LogP contribution in [0.15, 0.2) is 46.6 Å². The summed E-state index contributed by atoms with van der Waals surface area (Å²) in [4.78, 5) is 0. The third-order valence-electron chi connectivity index (χ3n) is 7.79. The third kappa shape index (κ3) is 4.54. The average Bonchev–Trinajstić information content (AvgIpc) is 3.15. The second kappa shape index (κ2) is 9.57. The van der Waals surface area contributed by atoms with Gasteiger partial charge in [0.25, 0.3) is 0 Å². The van der Waals surface area contributed by atoms with E-state index in [0.29, 0.717) is 35.3 Å². The van der Waals surface area contributed by atoms with Gasteiger partial charge in [-0.25, -0.2) is 0 Å². The van der Waals surface area contributed by atoms with Gasteiger partial charge >= 0.3 is 209 Å². The van der Waals surface area contributed by atoms with Crippen LogP contribution in [0.4, 0.5) is 0 Å². The van der Waals surface area contributed by atoms with Crippen molar-refractivity contribution in [2.75, 3.05) is 0 Å².